The highest BCUT2D eigenvalue weighted by Gasteiger charge is 2.22. The zero-order valence-corrected chi connectivity index (χ0v) is 11.0. The minimum absolute atomic E-state index is 0.172. The molecule has 0 fully saturated rings. The van der Waals surface area contributed by atoms with Gasteiger partial charge < -0.3 is 4.74 Å². The smallest absolute Gasteiger partial charge is 0.323 e. The summed E-state index contributed by atoms with van der Waals surface area (Å²) < 4.78 is 30.2. The van der Waals surface area contributed by atoms with Crippen LogP contribution in [0.25, 0.3) is 0 Å². The molecule has 1 rings (SSSR count). The number of benzene rings is 1. The summed E-state index contributed by atoms with van der Waals surface area (Å²) in [6.45, 7) is 1.33. The first-order valence-corrected chi connectivity index (χ1v) is 6.61. The van der Waals surface area contributed by atoms with Crippen LogP contribution >= 0.6 is 0 Å². The van der Waals surface area contributed by atoms with Crippen LogP contribution in [0.2, 0.25) is 0 Å². The van der Waals surface area contributed by atoms with Crippen LogP contribution in [0.5, 0.6) is 0 Å². The summed E-state index contributed by atoms with van der Waals surface area (Å²) in [5.74, 6) is -0.731. The van der Waals surface area contributed by atoms with E-state index < -0.39 is 27.0 Å². The molecular weight excluding hydrogens is 276 g/mol. The Morgan fingerprint density at radius 3 is 2.32 bits per heavy atom. The minimum Gasteiger partial charge on any atom is -0.468 e. The van der Waals surface area contributed by atoms with Crippen molar-refractivity contribution < 1.29 is 22.9 Å². The van der Waals surface area contributed by atoms with E-state index in [9.17, 15) is 23.3 Å². The fourth-order valence-electron chi connectivity index (χ4n) is 1.27. The molecule has 1 N–H and O–H groups in total. The fourth-order valence-corrected chi connectivity index (χ4v) is 2.46. The molecule has 1 aromatic carbocycles. The van der Waals surface area contributed by atoms with E-state index in [1.165, 1.54) is 6.92 Å². The number of non-ortho nitro benzene ring substituents is 1. The average molecular weight is 288 g/mol. The Bertz CT molecular complexity index is 581. The molecule has 9 heteroatoms. The number of nitro groups is 1. The van der Waals surface area contributed by atoms with Gasteiger partial charge in [-0.2, -0.15) is 4.72 Å². The van der Waals surface area contributed by atoms with Crippen LogP contribution in [0, 0.1) is 10.1 Å². The van der Waals surface area contributed by atoms with Gasteiger partial charge in [-0.3, -0.25) is 14.9 Å². The largest absolute Gasteiger partial charge is 0.468 e. The van der Waals surface area contributed by atoms with Crippen molar-refractivity contribution in [2.75, 3.05) is 7.11 Å². The highest BCUT2D eigenvalue weighted by atomic mass is 32.2. The molecule has 19 heavy (non-hydrogen) atoms. The second kappa shape index (κ2) is 5.76. The molecule has 0 saturated carbocycles. The number of methoxy groups -OCH3 is 1. The predicted octanol–water partition coefficient (Wildman–Crippen LogP) is 0.435. The lowest BCUT2D eigenvalue weighted by atomic mass is 10.3. The van der Waals surface area contributed by atoms with Gasteiger partial charge in [0, 0.05) is 12.1 Å². The van der Waals surface area contributed by atoms with Crippen molar-refractivity contribution in [3.8, 4) is 0 Å². The number of hydrogen-bond donors (Lipinski definition) is 1. The molecule has 0 spiro atoms. The Morgan fingerprint density at radius 2 is 1.89 bits per heavy atom. The number of ether oxygens (including phenoxy) is 1. The number of esters is 1. The molecule has 0 aliphatic heterocycles. The van der Waals surface area contributed by atoms with Gasteiger partial charge in [0.25, 0.3) is 5.69 Å². The van der Waals surface area contributed by atoms with Crippen LogP contribution in [0.1, 0.15) is 6.92 Å². The lowest BCUT2D eigenvalue weighted by molar-refractivity contribution is -0.384. The van der Waals surface area contributed by atoms with Gasteiger partial charge in [-0.15, -0.1) is 0 Å². The molecule has 0 aromatic heterocycles. The maximum absolute atomic E-state index is 11.9. The summed E-state index contributed by atoms with van der Waals surface area (Å²) in [5, 5.41) is 10.4. The Kier molecular flexibility index (Phi) is 4.57. The number of nitrogens with zero attached hydrogens (tertiary/aromatic N) is 1. The molecule has 1 aromatic rings. The van der Waals surface area contributed by atoms with Crippen LogP contribution in [-0.4, -0.2) is 32.5 Å². The van der Waals surface area contributed by atoms with Gasteiger partial charge in [0.05, 0.1) is 16.9 Å². The van der Waals surface area contributed by atoms with Crippen molar-refractivity contribution in [1.29, 1.82) is 0 Å². The first-order valence-electron chi connectivity index (χ1n) is 5.12. The van der Waals surface area contributed by atoms with Crippen molar-refractivity contribution in [3.05, 3.63) is 34.4 Å². The Balaban J connectivity index is 2.94. The summed E-state index contributed by atoms with van der Waals surface area (Å²) in [6.07, 6.45) is 0. The van der Waals surface area contributed by atoms with Gasteiger partial charge in [0.1, 0.15) is 6.04 Å². The second-order valence-corrected chi connectivity index (χ2v) is 5.33. The lowest BCUT2D eigenvalue weighted by Gasteiger charge is -2.11. The quantitative estimate of drug-likeness (QED) is 0.477. The third kappa shape index (κ3) is 3.73. The van der Waals surface area contributed by atoms with E-state index in [0.29, 0.717) is 0 Å². The first-order chi connectivity index (χ1) is 8.77. The number of rotatable bonds is 5. The molecule has 0 aliphatic carbocycles. The maximum Gasteiger partial charge on any atom is 0.323 e. The van der Waals surface area contributed by atoms with Crippen molar-refractivity contribution in [2.24, 2.45) is 0 Å². The highest BCUT2D eigenvalue weighted by molar-refractivity contribution is 7.89. The lowest BCUT2D eigenvalue weighted by Crippen LogP contribution is -2.39. The molecular formula is C10H12N2O6S. The summed E-state index contributed by atoms with van der Waals surface area (Å²) in [4.78, 5) is 20.8. The van der Waals surface area contributed by atoms with E-state index in [1.54, 1.807) is 0 Å². The van der Waals surface area contributed by atoms with E-state index >= 15 is 0 Å². The third-order valence-corrected chi connectivity index (χ3v) is 3.80. The highest BCUT2D eigenvalue weighted by Crippen LogP contribution is 2.15. The van der Waals surface area contributed by atoms with Crippen LogP contribution < -0.4 is 4.72 Å². The van der Waals surface area contributed by atoms with E-state index in [0.717, 1.165) is 31.4 Å². The Hall–Kier alpha value is -2.00. The van der Waals surface area contributed by atoms with Gasteiger partial charge in [-0.05, 0) is 19.1 Å². The van der Waals surface area contributed by atoms with E-state index in [2.05, 4.69) is 9.46 Å². The molecule has 0 amide bonds. The maximum atomic E-state index is 11.9. The Labute approximate surface area is 109 Å². The first kappa shape index (κ1) is 15.1. The molecule has 0 bridgehead atoms. The van der Waals surface area contributed by atoms with Gasteiger partial charge in [-0.1, -0.05) is 0 Å². The van der Waals surface area contributed by atoms with Gasteiger partial charge >= 0.3 is 5.97 Å². The summed E-state index contributed by atoms with van der Waals surface area (Å²) in [6, 6.07) is 3.26. The van der Waals surface area contributed by atoms with Crippen LogP contribution in [0.3, 0.4) is 0 Å². The zero-order chi connectivity index (χ0) is 14.6. The zero-order valence-electron chi connectivity index (χ0n) is 10.2. The van der Waals surface area contributed by atoms with Crippen molar-refractivity contribution >= 4 is 21.7 Å². The number of sulfonamides is 1. The topological polar surface area (TPSA) is 116 Å². The minimum atomic E-state index is -3.93. The summed E-state index contributed by atoms with van der Waals surface area (Å²) in [7, 11) is -2.79. The number of carbonyl (C=O) groups excluding carboxylic acids is 1. The second-order valence-electron chi connectivity index (χ2n) is 3.62. The predicted molar refractivity (Wildman–Crippen MR) is 64.9 cm³/mol. The molecule has 1 atom stereocenters. The molecule has 8 nitrogen and oxygen atoms in total. The molecule has 0 unspecified atom stereocenters. The summed E-state index contributed by atoms with van der Waals surface area (Å²) >= 11 is 0. The average Bonchev–Trinajstić information content (AvgIpc) is 2.37. The number of hydrogen-bond acceptors (Lipinski definition) is 6. The molecule has 0 aliphatic rings. The van der Waals surface area contributed by atoms with Crippen molar-refractivity contribution in [2.45, 2.75) is 17.9 Å². The normalized spacial score (nSPS) is 12.7. The van der Waals surface area contributed by atoms with Gasteiger partial charge in [0.15, 0.2) is 0 Å². The van der Waals surface area contributed by atoms with Gasteiger partial charge in [-0.25, -0.2) is 8.42 Å². The van der Waals surface area contributed by atoms with Crippen LogP contribution in [0.15, 0.2) is 29.2 Å². The van der Waals surface area contributed by atoms with Crippen LogP contribution in [0.4, 0.5) is 5.69 Å². The molecule has 0 radical (unpaired) electrons. The SMILES string of the molecule is COC(=O)[C@@H](C)NS(=O)(=O)c1ccc([N+](=O)[O-])cc1. The summed E-state index contributed by atoms with van der Waals surface area (Å²) in [5.41, 5.74) is -0.222. The molecule has 104 valence electrons. The Morgan fingerprint density at radius 1 is 1.37 bits per heavy atom. The van der Waals surface area contributed by atoms with E-state index in [1.807, 2.05) is 0 Å². The number of nitro benzene ring substituents is 1. The van der Waals surface area contributed by atoms with Crippen molar-refractivity contribution in [1.82, 2.24) is 4.72 Å². The van der Waals surface area contributed by atoms with E-state index in [-0.39, 0.29) is 10.6 Å². The van der Waals surface area contributed by atoms with Crippen LogP contribution in [-0.2, 0) is 19.6 Å². The molecule has 0 heterocycles. The fraction of sp³-hybridized carbons (Fsp3) is 0.300. The van der Waals surface area contributed by atoms with Gasteiger partial charge in [0.2, 0.25) is 10.0 Å². The number of carbonyl (C=O) groups is 1. The monoisotopic (exact) mass is 288 g/mol. The van der Waals surface area contributed by atoms with E-state index in [4.69, 9.17) is 0 Å². The third-order valence-electron chi connectivity index (χ3n) is 2.24. The number of nitrogens with one attached hydrogen (secondary N) is 1. The molecule has 0 saturated heterocycles. The van der Waals surface area contributed by atoms with Crippen molar-refractivity contribution in [3.63, 3.8) is 0 Å². The standard InChI is InChI=1S/C10H12N2O6S/c1-7(10(13)18-2)11-19(16,17)9-5-3-8(4-6-9)12(14)15/h3-7,11H,1-2H3/t7-/m1/s1.